The third-order valence-electron chi connectivity index (χ3n) is 3.94. The molecule has 1 N–H and O–H groups in total. The number of nitrogens with zero attached hydrogens (tertiary/aromatic N) is 2. The van der Waals surface area contributed by atoms with Crippen molar-refractivity contribution in [3.8, 4) is 0 Å². The van der Waals surface area contributed by atoms with E-state index in [1.54, 1.807) is 0 Å². The third kappa shape index (κ3) is 2.92. The van der Waals surface area contributed by atoms with E-state index >= 15 is 0 Å². The fourth-order valence-electron chi connectivity index (χ4n) is 2.74. The highest BCUT2D eigenvalue weighted by atomic mass is 16.5. The highest BCUT2D eigenvalue weighted by molar-refractivity contribution is 5.20. The van der Waals surface area contributed by atoms with Crippen molar-refractivity contribution in [2.24, 2.45) is 0 Å². The summed E-state index contributed by atoms with van der Waals surface area (Å²) in [5, 5.41) is 7.59. The van der Waals surface area contributed by atoms with Crippen LogP contribution in [0.5, 0.6) is 0 Å². The van der Waals surface area contributed by atoms with Gasteiger partial charge in [-0.15, -0.1) is 0 Å². The number of piperazine rings is 1. The van der Waals surface area contributed by atoms with Gasteiger partial charge in [0.2, 0.25) is 0 Å². The molecular weight excluding hydrogens is 250 g/mol. The van der Waals surface area contributed by atoms with Crippen molar-refractivity contribution in [1.82, 2.24) is 15.4 Å². The summed E-state index contributed by atoms with van der Waals surface area (Å²) in [4.78, 5) is 2.45. The molecule has 2 unspecified atom stereocenters. The van der Waals surface area contributed by atoms with E-state index in [0.717, 1.165) is 31.1 Å². The van der Waals surface area contributed by atoms with Crippen LogP contribution in [0.2, 0.25) is 0 Å². The van der Waals surface area contributed by atoms with Crippen LogP contribution < -0.4 is 5.32 Å². The molecule has 0 bridgehead atoms. The van der Waals surface area contributed by atoms with E-state index in [0.29, 0.717) is 12.1 Å². The Bertz CT molecular complexity index is 552. The van der Waals surface area contributed by atoms with Gasteiger partial charge in [-0.25, -0.2) is 0 Å². The lowest BCUT2D eigenvalue weighted by atomic mass is 10.0. The Hall–Kier alpha value is -1.65. The molecule has 1 saturated heterocycles. The zero-order valence-electron chi connectivity index (χ0n) is 12.0. The van der Waals surface area contributed by atoms with Crippen molar-refractivity contribution in [3.05, 3.63) is 53.4 Å². The molecule has 1 aromatic carbocycles. The molecule has 0 saturated carbocycles. The van der Waals surface area contributed by atoms with E-state index in [1.807, 2.05) is 13.0 Å². The smallest absolute Gasteiger partial charge is 0.150 e. The highest BCUT2D eigenvalue weighted by Crippen LogP contribution is 2.21. The maximum Gasteiger partial charge on any atom is 0.150 e. The van der Waals surface area contributed by atoms with Gasteiger partial charge in [-0.1, -0.05) is 35.5 Å². The van der Waals surface area contributed by atoms with Crippen LogP contribution in [0.15, 0.2) is 40.9 Å². The van der Waals surface area contributed by atoms with Crippen LogP contribution >= 0.6 is 0 Å². The number of hydrogen-bond donors (Lipinski definition) is 1. The molecule has 2 atom stereocenters. The average molecular weight is 271 g/mol. The van der Waals surface area contributed by atoms with Crippen molar-refractivity contribution < 1.29 is 4.52 Å². The molecule has 2 aromatic rings. The molecule has 1 aromatic heterocycles. The largest absolute Gasteiger partial charge is 0.360 e. The van der Waals surface area contributed by atoms with Gasteiger partial charge in [0, 0.05) is 31.2 Å². The number of aromatic nitrogens is 1. The average Bonchev–Trinajstić information content (AvgIpc) is 2.88. The molecule has 20 heavy (non-hydrogen) atoms. The maximum absolute atomic E-state index is 5.34. The molecule has 1 fully saturated rings. The first-order valence-electron chi connectivity index (χ1n) is 7.17. The van der Waals surface area contributed by atoms with Gasteiger partial charge >= 0.3 is 0 Å². The Morgan fingerprint density at radius 2 is 2.15 bits per heavy atom. The summed E-state index contributed by atoms with van der Waals surface area (Å²) in [6, 6.07) is 13.5. The molecule has 4 heteroatoms. The SMILES string of the molecule is Cc1cc(CN2CC(c3ccccc3)NCC2C)on1. The Morgan fingerprint density at radius 3 is 2.85 bits per heavy atom. The summed E-state index contributed by atoms with van der Waals surface area (Å²) in [7, 11) is 0. The molecular formula is C16H21N3O. The Kier molecular flexibility index (Phi) is 3.85. The van der Waals surface area contributed by atoms with Crippen LogP contribution in [0.25, 0.3) is 0 Å². The van der Waals surface area contributed by atoms with E-state index in [9.17, 15) is 0 Å². The van der Waals surface area contributed by atoms with Gasteiger partial charge in [0.1, 0.15) is 0 Å². The summed E-state index contributed by atoms with van der Waals surface area (Å²) < 4.78 is 5.34. The molecule has 0 aliphatic carbocycles. The Labute approximate surface area is 119 Å². The second-order valence-electron chi connectivity index (χ2n) is 5.58. The van der Waals surface area contributed by atoms with Crippen molar-refractivity contribution in [2.75, 3.05) is 13.1 Å². The van der Waals surface area contributed by atoms with Crippen molar-refractivity contribution in [3.63, 3.8) is 0 Å². The predicted octanol–water partition coefficient (Wildman–Crippen LogP) is 2.52. The molecule has 1 aliphatic heterocycles. The van der Waals surface area contributed by atoms with Gasteiger partial charge in [0.15, 0.2) is 5.76 Å². The number of aryl methyl sites for hydroxylation is 1. The third-order valence-corrected chi connectivity index (χ3v) is 3.94. The summed E-state index contributed by atoms with van der Waals surface area (Å²) in [5.41, 5.74) is 2.29. The number of rotatable bonds is 3. The number of hydrogen-bond acceptors (Lipinski definition) is 4. The normalized spacial score (nSPS) is 23.9. The lowest BCUT2D eigenvalue weighted by Gasteiger charge is -2.38. The van der Waals surface area contributed by atoms with Crippen LogP contribution in [-0.2, 0) is 6.54 Å². The Morgan fingerprint density at radius 1 is 1.35 bits per heavy atom. The van der Waals surface area contributed by atoms with E-state index in [1.165, 1.54) is 5.56 Å². The monoisotopic (exact) mass is 271 g/mol. The molecule has 0 amide bonds. The maximum atomic E-state index is 5.34. The lowest BCUT2D eigenvalue weighted by Crippen LogP contribution is -2.50. The van der Waals surface area contributed by atoms with Crippen molar-refractivity contribution in [2.45, 2.75) is 32.5 Å². The van der Waals surface area contributed by atoms with Crippen LogP contribution in [0.1, 0.15) is 30.0 Å². The van der Waals surface area contributed by atoms with Crippen LogP contribution in [0.3, 0.4) is 0 Å². The van der Waals surface area contributed by atoms with E-state index in [-0.39, 0.29) is 0 Å². The van der Waals surface area contributed by atoms with Gasteiger partial charge in [-0.3, -0.25) is 4.90 Å². The fraction of sp³-hybridized carbons (Fsp3) is 0.438. The van der Waals surface area contributed by atoms with Gasteiger partial charge in [0.05, 0.1) is 12.2 Å². The number of benzene rings is 1. The van der Waals surface area contributed by atoms with Gasteiger partial charge in [-0.2, -0.15) is 0 Å². The zero-order valence-corrected chi connectivity index (χ0v) is 12.0. The quantitative estimate of drug-likeness (QED) is 0.931. The van der Waals surface area contributed by atoms with Crippen molar-refractivity contribution >= 4 is 0 Å². The van der Waals surface area contributed by atoms with Gasteiger partial charge in [-0.05, 0) is 19.4 Å². The highest BCUT2D eigenvalue weighted by Gasteiger charge is 2.26. The molecule has 3 rings (SSSR count). The minimum atomic E-state index is 0.386. The topological polar surface area (TPSA) is 41.3 Å². The minimum absolute atomic E-state index is 0.386. The van der Waals surface area contributed by atoms with Gasteiger partial charge in [0.25, 0.3) is 0 Å². The molecule has 0 spiro atoms. The van der Waals surface area contributed by atoms with Crippen molar-refractivity contribution in [1.29, 1.82) is 0 Å². The summed E-state index contributed by atoms with van der Waals surface area (Å²) in [6.45, 7) is 7.02. The predicted molar refractivity (Wildman–Crippen MR) is 78.3 cm³/mol. The standard InChI is InChI=1S/C16H21N3O/c1-12-8-15(20-18-12)10-19-11-16(17-9-13(19)2)14-6-4-3-5-7-14/h3-8,13,16-17H,9-11H2,1-2H3. The van der Waals surface area contributed by atoms with Crippen LogP contribution in [-0.4, -0.2) is 29.2 Å². The summed E-state index contributed by atoms with van der Waals surface area (Å²) >= 11 is 0. The lowest BCUT2D eigenvalue weighted by molar-refractivity contribution is 0.120. The van der Waals surface area contributed by atoms with Crippen LogP contribution in [0, 0.1) is 6.92 Å². The molecule has 2 heterocycles. The fourth-order valence-corrected chi connectivity index (χ4v) is 2.74. The summed E-state index contributed by atoms with van der Waals surface area (Å²) in [5.74, 6) is 0.947. The first-order valence-corrected chi connectivity index (χ1v) is 7.17. The molecule has 1 aliphatic rings. The molecule has 0 radical (unpaired) electrons. The first-order chi connectivity index (χ1) is 9.72. The minimum Gasteiger partial charge on any atom is -0.360 e. The summed E-state index contributed by atoms with van der Waals surface area (Å²) in [6.07, 6.45) is 0. The second kappa shape index (κ2) is 5.77. The second-order valence-corrected chi connectivity index (χ2v) is 5.58. The Balaban J connectivity index is 1.70. The van der Waals surface area contributed by atoms with Crippen LogP contribution in [0.4, 0.5) is 0 Å². The number of nitrogens with one attached hydrogen (secondary N) is 1. The molecule has 4 nitrogen and oxygen atoms in total. The van der Waals surface area contributed by atoms with E-state index < -0.39 is 0 Å². The van der Waals surface area contributed by atoms with Gasteiger partial charge < -0.3 is 9.84 Å². The van der Waals surface area contributed by atoms with E-state index in [4.69, 9.17) is 4.52 Å². The first kappa shape index (κ1) is 13.3. The zero-order chi connectivity index (χ0) is 13.9. The van der Waals surface area contributed by atoms with E-state index in [2.05, 4.69) is 52.6 Å². The molecule has 106 valence electrons.